The predicted octanol–water partition coefficient (Wildman–Crippen LogP) is 3.41. The van der Waals surface area contributed by atoms with Crippen molar-refractivity contribution in [3.63, 3.8) is 0 Å². The molecule has 0 bridgehead atoms. The Labute approximate surface area is 124 Å². The van der Waals surface area contributed by atoms with Crippen LogP contribution in [0.5, 0.6) is 0 Å². The fourth-order valence-electron chi connectivity index (χ4n) is 1.93. The molecule has 2 rings (SSSR count). The summed E-state index contributed by atoms with van der Waals surface area (Å²) in [5.41, 5.74) is 5.13. The predicted molar refractivity (Wildman–Crippen MR) is 84.2 cm³/mol. The van der Waals surface area contributed by atoms with Gasteiger partial charge in [0.15, 0.2) is 0 Å². The van der Waals surface area contributed by atoms with E-state index < -0.39 is 0 Å². The van der Waals surface area contributed by atoms with Gasteiger partial charge >= 0.3 is 0 Å². The van der Waals surface area contributed by atoms with Gasteiger partial charge in [0.2, 0.25) is 0 Å². The van der Waals surface area contributed by atoms with E-state index in [1.807, 2.05) is 30.3 Å². The van der Waals surface area contributed by atoms with E-state index in [-0.39, 0.29) is 5.91 Å². The van der Waals surface area contributed by atoms with E-state index in [0.29, 0.717) is 5.56 Å². The van der Waals surface area contributed by atoms with E-state index in [0.717, 1.165) is 30.5 Å². The summed E-state index contributed by atoms with van der Waals surface area (Å²) in [6, 6.07) is 13.3. The lowest BCUT2D eigenvalue weighted by molar-refractivity contribution is 0.0954. The highest BCUT2D eigenvalue weighted by atomic mass is 16.2. The molecule has 0 fully saturated rings. The molecule has 21 heavy (non-hydrogen) atoms. The monoisotopic (exact) mass is 281 g/mol. The molecule has 1 heterocycles. The van der Waals surface area contributed by atoms with Gasteiger partial charge in [-0.1, -0.05) is 43.7 Å². The SMILES string of the molecule is CCCC/C(=N/NC(=O)c1ccncc1)c1ccccc1. The van der Waals surface area contributed by atoms with Gasteiger partial charge in [-0.3, -0.25) is 9.78 Å². The number of rotatable bonds is 6. The quantitative estimate of drug-likeness (QED) is 0.651. The van der Waals surface area contributed by atoms with E-state index in [1.54, 1.807) is 24.5 Å². The van der Waals surface area contributed by atoms with Crippen LogP contribution in [0.4, 0.5) is 0 Å². The van der Waals surface area contributed by atoms with E-state index in [4.69, 9.17) is 0 Å². The summed E-state index contributed by atoms with van der Waals surface area (Å²) in [6.45, 7) is 2.14. The molecule has 0 radical (unpaired) electrons. The molecule has 0 saturated heterocycles. The molecule has 1 amide bonds. The lowest BCUT2D eigenvalue weighted by Crippen LogP contribution is -2.20. The Hall–Kier alpha value is -2.49. The van der Waals surface area contributed by atoms with Gasteiger partial charge in [0.25, 0.3) is 5.91 Å². The van der Waals surface area contributed by atoms with Crippen molar-refractivity contribution in [1.82, 2.24) is 10.4 Å². The van der Waals surface area contributed by atoms with Crippen LogP contribution in [0.1, 0.15) is 42.1 Å². The first kappa shape index (κ1) is 14.9. The van der Waals surface area contributed by atoms with Crippen molar-refractivity contribution in [1.29, 1.82) is 0 Å². The van der Waals surface area contributed by atoms with Crippen LogP contribution in [-0.2, 0) is 0 Å². The van der Waals surface area contributed by atoms with Crippen LogP contribution in [0, 0.1) is 0 Å². The van der Waals surface area contributed by atoms with Crippen molar-refractivity contribution in [3.05, 3.63) is 66.0 Å². The summed E-state index contributed by atoms with van der Waals surface area (Å²) in [6.07, 6.45) is 6.15. The van der Waals surface area contributed by atoms with Crippen molar-refractivity contribution < 1.29 is 4.79 Å². The van der Waals surface area contributed by atoms with Crippen molar-refractivity contribution in [3.8, 4) is 0 Å². The Morgan fingerprint density at radius 3 is 2.48 bits per heavy atom. The second kappa shape index (κ2) is 7.94. The summed E-state index contributed by atoms with van der Waals surface area (Å²) < 4.78 is 0. The number of carbonyl (C=O) groups excluding carboxylic acids is 1. The third-order valence-corrected chi connectivity index (χ3v) is 3.11. The summed E-state index contributed by atoms with van der Waals surface area (Å²) in [5.74, 6) is -0.220. The first-order valence-electron chi connectivity index (χ1n) is 7.13. The molecular weight excluding hydrogens is 262 g/mol. The molecule has 4 heteroatoms. The maximum absolute atomic E-state index is 12.0. The maximum Gasteiger partial charge on any atom is 0.271 e. The topological polar surface area (TPSA) is 54.4 Å². The molecule has 2 aromatic rings. The van der Waals surface area contributed by atoms with Crippen molar-refractivity contribution >= 4 is 11.6 Å². The fourth-order valence-corrected chi connectivity index (χ4v) is 1.93. The first-order valence-corrected chi connectivity index (χ1v) is 7.13. The summed E-state index contributed by atoms with van der Waals surface area (Å²) in [4.78, 5) is 15.9. The molecule has 1 aromatic heterocycles. The third-order valence-electron chi connectivity index (χ3n) is 3.11. The number of unbranched alkanes of at least 4 members (excludes halogenated alkanes) is 1. The lowest BCUT2D eigenvalue weighted by atomic mass is 10.1. The van der Waals surface area contributed by atoms with Crippen LogP contribution in [0.2, 0.25) is 0 Å². The number of carbonyl (C=O) groups is 1. The highest BCUT2D eigenvalue weighted by molar-refractivity contribution is 6.02. The third kappa shape index (κ3) is 4.53. The number of amides is 1. The highest BCUT2D eigenvalue weighted by Crippen LogP contribution is 2.08. The average molecular weight is 281 g/mol. The van der Waals surface area contributed by atoms with Gasteiger partial charge in [-0.05, 0) is 30.5 Å². The minimum absolute atomic E-state index is 0.220. The smallest absolute Gasteiger partial charge is 0.267 e. The Morgan fingerprint density at radius 1 is 1.10 bits per heavy atom. The van der Waals surface area contributed by atoms with Gasteiger partial charge in [0.05, 0.1) is 5.71 Å². The van der Waals surface area contributed by atoms with Gasteiger partial charge < -0.3 is 0 Å². The zero-order chi connectivity index (χ0) is 14.9. The number of pyridine rings is 1. The Balaban J connectivity index is 2.11. The number of aromatic nitrogens is 1. The molecule has 0 spiro atoms. The number of benzene rings is 1. The molecule has 108 valence electrons. The minimum atomic E-state index is -0.220. The number of hydrogen-bond donors (Lipinski definition) is 1. The molecule has 0 aliphatic carbocycles. The van der Waals surface area contributed by atoms with Gasteiger partial charge in [-0.15, -0.1) is 0 Å². The van der Waals surface area contributed by atoms with Crippen molar-refractivity contribution in [2.75, 3.05) is 0 Å². The second-order valence-corrected chi connectivity index (χ2v) is 4.70. The molecule has 1 aromatic carbocycles. The molecular formula is C17H19N3O. The molecule has 0 unspecified atom stereocenters. The zero-order valence-electron chi connectivity index (χ0n) is 12.1. The van der Waals surface area contributed by atoms with Crippen LogP contribution in [-0.4, -0.2) is 16.6 Å². The maximum atomic E-state index is 12.0. The van der Waals surface area contributed by atoms with Crippen LogP contribution in [0.15, 0.2) is 60.0 Å². The second-order valence-electron chi connectivity index (χ2n) is 4.70. The van der Waals surface area contributed by atoms with Gasteiger partial charge in [-0.2, -0.15) is 5.10 Å². The Kier molecular flexibility index (Phi) is 5.64. The van der Waals surface area contributed by atoms with E-state index >= 15 is 0 Å². The van der Waals surface area contributed by atoms with E-state index in [2.05, 4.69) is 22.4 Å². The molecule has 4 nitrogen and oxygen atoms in total. The number of hydrazone groups is 1. The van der Waals surface area contributed by atoms with Crippen molar-refractivity contribution in [2.45, 2.75) is 26.2 Å². The summed E-state index contributed by atoms with van der Waals surface area (Å²) >= 11 is 0. The van der Waals surface area contributed by atoms with Crippen molar-refractivity contribution in [2.24, 2.45) is 5.10 Å². The Bertz CT molecular complexity index is 594. The molecule has 1 N–H and O–H groups in total. The largest absolute Gasteiger partial charge is 0.271 e. The van der Waals surface area contributed by atoms with Crippen LogP contribution in [0.25, 0.3) is 0 Å². The summed E-state index contributed by atoms with van der Waals surface area (Å²) in [5, 5.41) is 4.30. The van der Waals surface area contributed by atoms with Gasteiger partial charge in [-0.25, -0.2) is 5.43 Å². The number of nitrogens with one attached hydrogen (secondary N) is 1. The standard InChI is InChI=1S/C17H19N3O/c1-2-3-9-16(14-7-5-4-6-8-14)19-20-17(21)15-10-12-18-13-11-15/h4-8,10-13H,2-3,9H2,1H3,(H,20,21)/b19-16-. The lowest BCUT2D eigenvalue weighted by Gasteiger charge is -2.07. The fraction of sp³-hybridized carbons (Fsp3) is 0.235. The minimum Gasteiger partial charge on any atom is -0.267 e. The average Bonchev–Trinajstić information content (AvgIpc) is 2.56. The van der Waals surface area contributed by atoms with Gasteiger partial charge in [0.1, 0.15) is 0 Å². The van der Waals surface area contributed by atoms with E-state index in [9.17, 15) is 4.79 Å². The van der Waals surface area contributed by atoms with Crippen LogP contribution < -0.4 is 5.43 Å². The highest BCUT2D eigenvalue weighted by Gasteiger charge is 2.06. The first-order chi connectivity index (χ1) is 10.3. The van der Waals surface area contributed by atoms with Crippen LogP contribution in [0.3, 0.4) is 0 Å². The molecule has 0 saturated carbocycles. The van der Waals surface area contributed by atoms with Crippen LogP contribution >= 0.6 is 0 Å². The van der Waals surface area contributed by atoms with Gasteiger partial charge in [0, 0.05) is 18.0 Å². The number of hydrogen-bond acceptors (Lipinski definition) is 3. The number of nitrogens with zero attached hydrogens (tertiary/aromatic N) is 2. The zero-order valence-corrected chi connectivity index (χ0v) is 12.1. The Morgan fingerprint density at radius 2 is 1.81 bits per heavy atom. The molecule has 0 atom stereocenters. The van der Waals surface area contributed by atoms with E-state index in [1.165, 1.54) is 0 Å². The molecule has 0 aliphatic rings. The molecule has 0 aliphatic heterocycles. The summed E-state index contributed by atoms with van der Waals surface area (Å²) in [7, 11) is 0. The normalized spacial score (nSPS) is 11.2.